The molecule has 0 bridgehead atoms. The van der Waals surface area contributed by atoms with E-state index in [4.69, 9.17) is 14.8 Å². The molecular formula is C13H18N2O4S. The molecule has 0 spiro atoms. The summed E-state index contributed by atoms with van der Waals surface area (Å²) in [4.78, 5) is 12.1. The van der Waals surface area contributed by atoms with Crippen LogP contribution in [0.1, 0.15) is 13.3 Å². The number of nitrogens with zero attached hydrogens (tertiary/aromatic N) is 1. The molecule has 0 radical (unpaired) electrons. The van der Waals surface area contributed by atoms with Gasteiger partial charge in [-0.3, -0.25) is 10.0 Å². The molecule has 0 aliphatic carbocycles. The van der Waals surface area contributed by atoms with Gasteiger partial charge in [0.2, 0.25) is 0 Å². The molecule has 0 heterocycles. The molecule has 0 saturated carbocycles. The lowest BCUT2D eigenvalue weighted by Crippen LogP contribution is -2.31. The van der Waals surface area contributed by atoms with Crippen LogP contribution in [0.2, 0.25) is 0 Å². The van der Waals surface area contributed by atoms with Crippen LogP contribution in [0.25, 0.3) is 0 Å². The summed E-state index contributed by atoms with van der Waals surface area (Å²) in [5, 5.41) is 10.3. The summed E-state index contributed by atoms with van der Waals surface area (Å²) in [6.07, 6.45) is 1.35. The number of hydrogen-bond acceptors (Lipinski definition) is 7. The Labute approximate surface area is 122 Å². The number of nitrogen functional groups attached to an aromatic ring is 1. The minimum Gasteiger partial charge on any atom is -0.466 e. The monoisotopic (exact) mass is 298 g/mol. The van der Waals surface area contributed by atoms with Crippen molar-refractivity contribution in [3.63, 3.8) is 0 Å². The second-order valence-electron chi connectivity index (χ2n) is 3.85. The minimum absolute atomic E-state index is 0.0503. The van der Waals surface area contributed by atoms with Crippen LogP contribution in [-0.4, -0.2) is 29.1 Å². The highest BCUT2D eigenvalue weighted by atomic mass is 32.2. The fourth-order valence-corrected chi connectivity index (χ4v) is 1.94. The third-order valence-corrected chi connectivity index (χ3v) is 2.98. The fraction of sp³-hybridized carbons (Fsp3) is 0.308. The number of anilines is 1. The Morgan fingerprint density at radius 1 is 1.65 bits per heavy atom. The van der Waals surface area contributed by atoms with Crippen LogP contribution in [0.4, 0.5) is 5.69 Å². The second kappa shape index (κ2) is 8.60. The van der Waals surface area contributed by atoms with Gasteiger partial charge in [0, 0.05) is 10.6 Å². The maximum absolute atomic E-state index is 11.3. The molecule has 110 valence electrons. The first kappa shape index (κ1) is 16.5. The molecule has 0 aromatic heterocycles. The molecular weight excluding hydrogens is 280 g/mol. The highest BCUT2D eigenvalue weighted by Gasteiger charge is 2.19. The maximum atomic E-state index is 11.3. The molecule has 0 aliphatic rings. The Morgan fingerprint density at radius 3 is 3.00 bits per heavy atom. The van der Waals surface area contributed by atoms with Crippen molar-refractivity contribution < 1.29 is 19.0 Å². The van der Waals surface area contributed by atoms with Gasteiger partial charge in [-0.05, 0) is 30.3 Å². The number of benzene rings is 1. The summed E-state index contributed by atoms with van der Waals surface area (Å²) in [6.45, 7) is 5.54. The van der Waals surface area contributed by atoms with Gasteiger partial charge in [0.15, 0.2) is 0 Å². The number of nitrogens with two attached hydrogens (primary N) is 1. The first-order valence-electron chi connectivity index (χ1n) is 6.03. The molecule has 1 atom stereocenters. The Hall–Kier alpha value is -1.54. The predicted molar refractivity (Wildman–Crippen MR) is 76.7 cm³/mol. The van der Waals surface area contributed by atoms with Gasteiger partial charge in [-0.1, -0.05) is 12.1 Å². The van der Waals surface area contributed by atoms with Crippen LogP contribution in [0, 0.1) is 0 Å². The molecule has 0 aliphatic heterocycles. The van der Waals surface area contributed by atoms with Gasteiger partial charge in [-0.15, -0.1) is 6.58 Å². The summed E-state index contributed by atoms with van der Waals surface area (Å²) in [5.41, 5.74) is 6.22. The lowest BCUT2D eigenvalue weighted by Gasteiger charge is -2.20. The number of hydroxylamine groups is 2. The topological polar surface area (TPSA) is 85.0 Å². The number of ether oxygens (including phenoxy) is 1. The van der Waals surface area contributed by atoms with E-state index in [-0.39, 0.29) is 13.0 Å². The van der Waals surface area contributed by atoms with Crippen LogP contribution in [-0.2, 0) is 13.8 Å². The summed E-state index contributed by atoms with van der Waals surface area (Å²) >= 11 is 0.923. The number of esters is 1. The summed E-state index contributed by atoms with van der Waals surface area (Å²) in [6, 6.07) is 6.30. The second-order valence-corrected chi connectivity index (χ2v) is 4.63. The highest BCUT2D eigenvalue weighted by Crippen LogP contribution is 2.23. The standard InChI is InChI=1S/C13H18N2O4S/c1-3-11(9-13(16)18-4-2)15(17)19-20-12-7-5-6-10(14)8-12/h3,5-8,11,17H,1,4,9,14H2,2H3. The fourth-order valence-electron chi connectivity index (χ4n) is 1.35. The third kappa shape index (κ3) is 5.62. The third-order valence-electron chi connectivity index (χ3n) is 2.30. The zero-order valence-corrected chi connectivity index (χ0v) is 12.0. The molecule has 6 nitrogen and oxygen atoms in total. The molecule has 1 aromatic rings. The van der Waals surface area contributed by atoms with Gasteiger partial charge in [-0.25, -0.2) is 0 Å². The molecule has 20 heavy (non-hydrogen) atoms. The first-order chi connectivity index (χ1) is 9.56. The van der Waals surface area contributed by atoms with Crippen molar-refractivity contribution in [1.29, 1.82) is 0 Å². The van der Waals surface area contributed by atoms with E-state index in [2.05, 4.69) is 6.58 Å². The first-order valence-corrected chi connectivity index (χ1v) is 6.77. The quantitative estimate of drug-likeness (QED) is 0.250. The number of rotatable bonds is 8. The van der Waals surface area contributed by atoms with Gasteiger partial charge in [-0.2, -0.15) is 4.28 Å². The Morgan fingerprint density at radius 2 is 2.40 bits per heavy atom. The zero-order chi connectivity index (χ0) is 15.0. The number of carbonyl (C=O) groups is 1. The van der Waals surface area contributed by atoms with Gasteiger partial charge < -0.3 is 10.5 Å². The van der Waals surface area contributed by atoms with Crippen LogP contribution in [0.3, 0.4) is 0 Å². The minimum atomic E-state index is -0.692. The van der Waals surface area contributed by atoms with Crippen molar-refractivity contribution >= 4 is 23.7 Å². The van der Waals surface area contributed by atoms with E-state index < -0.39 is 12.0 Å². The molecule has 1 aromatic carbocycles. The van der Waals surface area contributed by atoms with E-state index in [9.17, 15) is 10.0 Å². The van der Waals surface area contributed by atoms with Crippen LogP contribution in [0.15, 0.2) is 41.8 Å². The zero-order valence-electron chi connectivity index (χ0n) is 11.2. The largest absolute Gasteiger partial charge is 0.466 e. The molecule has 0 saturated heterocycles. The van der Waals surface area contributed by atoms with Crippen molar-refractivity contribution in [2.24, 2.45) is 0 Å². The summed E-state index contributed by atoms with van der Waals surface area (Å²) in [5.74, 6) is -0.436. The van der Waals surface area contributed by atoms with Crippen molar-refractivity contribution in [3.8, 4) is 0 Å². The van der Waals surface area contributed by atoms with Gasteiger partial charge >= 0.3 is 5.97 Å². The van der Waals surface area contributed by atoms with E-state index in [1.165, 1.54) is 6.08 Å². The smallest absolute Gasteiger partial charge is 0.307 e. The van der Waals surface area contributed by atoms with Crippen molar-refractivity contribution in [1.82, 2.24) is 5.23 Å². The molecule has 0 amide bonds. The molecule has 3 N–H and O–H groups in total. The van der Waals surface area contributed by atoms with Gasteiger partial charge in [0.25, 0.3) is 0 Å². The molecule has 1 unspecified atom stereocenters. The van der Waals surface area contributed by atoms with E-state index in [0.29, 0.717) is 10.9 Å². The van der Waals surface area contributed by atoms with Crippen LogP contribution < -0.4 is 5.73 Å². The van der Waals surface area contributed by atoms with E-state index in [0.717, 1.165) is 16.9 Å². The van der Waals surface area contributed by atoms with E-state index >= 15 is 0 Å². The maximum Gasteiger partial charge on any atom is 0.307 e. The van der Waals surface area contributed by atoms with Crippen molar-refractivity contribution in [2.45, 2.75) is 24.3 Å². The average molecular weight is 298 g/mol. The van der Waals surface area contributed by atoms with Gasteiger partial charge in [0.05, 0.1) is 31.1 Å². The Balaban J connectivity index is 2.48. The van der Waals surface area contributed by atoms with Gasteiger partial charge in [0.1, 0.15) is 0 Å². The van der Waals surface area contributed by atoms with E-state index in [1.54, 1.807) is 31.2 Å². The average Bonchev–Trinajstić information content (AvgIpc) is 2.42. The summed E-state index contributed by atoms with van der Waals surface area (Å²) in [7, 11) is 0. The summed E-state index contributed by atoms with van der Waals surface area (Å²) < 4.78 is 9.89. The van der Waals surface area contributed by atoms with Crippen LogP contribution >= 0.6 is 12.0 Å². The molecule has 0 fully saturated rings. The Bertz CT molecular complexity index is 456. The van der Waals surface area contributed by atoms with Crippen molar-refractivity contribution in [2.75, 3.05) is 12.3 Å². The number of carbonyl (C=O) groups excluding carboxylic acids is 1. The van der Waals surface area contributed by atoms with Crippen LogP contribution in [0.5, 0.6) is 0 Å². The predicted octanol–water partition coefficient (Wildman–Crippen LogP) is 2.41. The van der Waals surface area contributed by atoms with E-state index in [1.807, 2.05) is 0 Å². The number of hydrogen-bond donors (Lipinski definition) is 2. The lowest BCUT2D eigenvalue weighted by atomic mass is 10.2. The Kier molecular flexibility index (Phi) is 7.10. The highest BCUT2D eigenvalue weighted by molar-refractivity contribution is 7.94. The molecule has 7 heteroatoms. The lowest BCUT2D eigenvalue weighted by molar-refractivity contribution is -0.290. The van der Waals surface area contributed by atoms with Crippen molar-refractivity contribution in [3.05, 3.63) is 36.9 Å². The SMILES string of the molecule is C=CC(CC(=O)OCC)N(O)OSc1cccc(N)c1. The normalized spacial score (nSPS) is 12.2. The molecule has 1 rings (SSSR count).